The minimum absolute atomic E-state index is 0.295. The first-order valence-corrected chi connectivity index (χ1v) is 6.22. The second-order valence-corrected chi connectivity index (χ2v) is 4.35. The molecule has 0 radical (unpaired) electrons. The molecule has 0 aliphatic rings. The van der Waals surface area contributed by atoms with E-state index in [1.807, 2.05) is 42.5 Å². The van der Waals surface area contributed by atoms with Crippen LogP contribution in [0.25, 0.3) is 0 Å². The van der Waals surface area contributed by atoms with Crippen molar-refractivity contribution in [3.63, 3.8) is 0 Å². The minimum Gasteiger partial charge on any atom is -0.465 e. The van der Waals surface area contributed by atoms with Crippen molar-refractivity contribution in [2.45, 2.75) is 12.8 Å². The maximum absolute atomic E-state index is 11.7. The molecule has 0 aromatic heterocycles. The number of nitrogen functional groups attached to an aromatic ring is 1. The maximum atomic E-state index is 11.7. The molecule has 19 heavy (non-hydrogen) atoms. The molecule has 0 atom stereocenters. The number of carbonyl (C=O) groups is 1. The number of anilines is 1. The third-order valence-corrected chi connectivity index (χ3v) is 3.14. The van der Waals surface area contributed by atoms with Gasteiger partial charge in [0.05, 0.1) is 12.7 Å². The molecule has 0 heterocycles. The highest BCUT2D eigenvalue weighted by molar-refractivity contribution is 5.91. The lowest BCUT2D eigenvalue weighted by Crippen LogP contribution is -2.06. The predicted octanol–water partition coefficient (Wildman–Crippen LogP) is 2.84. The van der Waals surface area contributed by atoms with Gasteiger partial charge in [0.15, 0.2) is 0 Å². The van der Waals surface area contributed by atoms with Crippen molar-refractivity contribution >= 4 is 11.7 Å². The van der Waals surface area contributed by atoms with Crippen LogP contribution in [0.4, 0.5) is 5.69 Å². The van der Waals surface area contributed by atoms with E-state index in [1.54, 1.807) is 6.07 Å². The molecular weight excluding hydrogens is 238 g/mol. The van der Waals surface area contributed by atoms with Gasteiger partial charge in [-0.2, -0.15) is 0 Å². The number of esters is 1. The topological polar surface area (TPSA) is 52.3 Å². The molecule has 2 aromatic carbocycles. The zero-order valence-corrected chi connectivity index (χ0v) is 10.9. The number of aryl methyl sites for hydroxylation is 2. The number of para-hydroxylation sites is 1. The van der Waals surface area contributed by atoms with E-state index in [4.69, 9.17) is 10.5 Å². The van der Waals surface area contributed by atoms with Gasteiger partial charge in [0.1, 0.15) is 0 Å². The summed E-state index contributed by atoms with van der Waals surface area (Å²) < 4.78 is 4.79. The van der Waals surface area contributed by atoms with Crippen LogP contribution >= 0.6 is 0 Å². The minimum atomic E-state index is -0.295. The van der Waals surface area contributed by atoms with Crippen molar-refractivity contribution in [3.05, 3.63) is 65.2 Å². The van der Waals surface area contributed by atoms with E-state index in [2.05, 4.69) is 0 Å². The number of nitrogens with two attached hydrogens (primary N) is 1. The van der Waals surface area contributed by atoms with Crippen LogP contribution in [0.5, 0.6) is 0 Å². The molecule has 0 aliphatic heterocycles. The van der Waals surface area contributed by atoms with Crippen LogP contribution in [0.2, 0.25) is 0 Å². The molecule has 0 amide bonds. The number of hydrogen-bond donors (Lipinski definition) is 1. The van der Waals surface area contributed by atoms with Gasteiger partial charge in [-0.3, -0.25) is 0 Å². The monoisotopic (exact) mass is 255 g/mol. The molecule has 0 unspecified atom stereocenters. The van der Waals surface area contributed by atoms with E-state index in [1.165, 1.54) is 7.11 Å². The zero-order chi connectivity index (χ0) is 13.7. The van der Waals surface area contributed by atoms with Gasteiger partial charge in [-0.1, -0.05) is 36.4 Å². The fraction of sp³-hybridized carbons (Fsp3) is 0.188. The summed E-state index contributed by atoms with van der Waals surface area (Å²) in [6, 6.07) is 15.3. The Morgan fingerprint density at radius 1 is 1.00 bits per heavy atom. The first-order chi connectivity index (χ1) is 9.22. The van der Waals surface area contributed by atoms with Crippen LogP contribution < -0.4 is 5.73 Å². The van der Waals surface area contributed by atoms with E-state index in [-0.39, 0.29) is 5.97 Å². The number of ether oxygens (including phenoxy) is 1. The van der Waals surface area contributed by atoms with Crippen molar-refractivity contribution in [1.82, 2.24) is 0 Å². The molecule has 2 rings (SSSR count). The molecular formula is C16H17NO2. The predicted molar refractivity (Wildman–Crippen MR) is 76.0 cm³/mol. The SMILES string of the molecule is COC(=O)c1ccccc1CCc1ccccc1N. The molecule has 0 saturated heterocycles. The van der Waals surface area contributed by atoms with Crippen molar-refractivity contribution in [2.24, 2.45) is 0 Å². The van der Waals surface area contributed by atoms with Crippen LogP contribution in [0, 0.1) is 0 Å². The fourth-order valence-electron chi connectivity index (χ4n) is 2.08. The van der Waals surface area contributed by atoms with Crippen molar-refractivity contribution in [3.8, 4) is 0 Å². The number of carbonyl (C=O) groups excluding carboxylic acids is 1. The molecule has 2 aromatic rings. The smallest absolute Gasteiger partial charge is 0.338 e. The standard InChI is InChI=1S/C16H17NO2/c1-19-16(18)14-8-4-2-6-12(14)10-11-13-7-3-5-9-15(13)17/h2-9H,10-11,17H2,1H3. The van der Waals surface area contributed by atoms with Crippen molar-refractivity contribution < 1.29 is 9.53 Å². The summed E-state index contributed by atoms with van der Waals surface area (Å²) in [6.07, 6.45) is 1.57. The summed E-state index contributed by atoms with van der Waals surface area (Å²) in [5.41, 5.74) is 9.41. The quantitative estimate of drug-likeness (QED) is 0.675. The van der Waals surface area contributed by atoms with Gasteiger partial charge >= 0.3 is 5.97 Å². The Balaban J connectivity index is 2.16. The van der Waals surface area contributed by atoms with Gasteiger partial charge in [-0.15, -0.1) is 0 Å². The Hall–Kier alpha value is -2.29. The molecule has 0 spiro atoms. The van der Waals surface area contributed by atoms with Gasteiger partial charge in [0.25, 0.3) is 0 Å². The van der Waals surface area contributed by atoms with Crippen molar-refractivity contribution in [2.75, 3.05) is 12.8 Å². The third kappa shape index (κ3) is 3.13. The summed E-state index contributed by atoms with van der Waals surface area (Å²) in [5, 5.41) is 0. The van der Waals surface area contributed by atoms with Gasteiger partial charge in [0, 0.05) is 5.69 Å². The summed E-state index contributed by atoms with van der Waals surface area (Å²) in [7, 11) is 1.40. The highest BCUT2D eigenvalue weighted by Crippen LogP contribution is 2.17. The summed E-state index contributed by atoms with van der Waals surface area (Å²) in [6.45, 7) is 0. The number of benzene rings is 2. The van der Waals surface area contributed by atoms with Crippen molar-refractivity contribution in [1.29, 1.82) is 0 Å². The zero-order valence-electron chi connectivity index (χ0n) is 10.9. The highest BCUT2D eigenvalue weighted by atomic mass is 16.5. The Bertz CT molecular complexity index is 578. The normalized spacial score (nSPS) is 10.2. The average molecular weight is 255 g/mol. The van der Waals surface area contributed by atoms with Gasteiger partial charge < -0.3 is 10.5 Å². The average Bonchev–Trinajstić information content (AvgIpc) is 2.46. The number of rotatable bonds is 4. The van der Waals surface area contributed by atoms with E-state index >= 15 is 0 Å². The first-order valence-electron chi connectivity index (χ1n) is 6.22. The molecule has 2 N–H and O–H groups in total. The largest absolute Gasteiger partial charge is 0.465 e. The maximum Gasteiger partial charge on any atom is 0.338 e. The highest BCUT2D eigenvalue weighted by Gasteiger charge is 2.11. The van der Waals surface area contributed by atoms with Crippen LogP contribution in [0.3, 0.4) is 0 Å². The second kappa shape index (κ2) is 6.05. The first kappa shape index (κ1) is 13.1. The number of hydrogen-bond acceptors (Lipinski definition) is 3. The molecule has 3 nitrogen and oxygen atoms in total. The molecule has 0 bridgehead atoms. The summed E-state index contributed by atoms with van der Waals surface area (Å²) in [4.78, 5) is 11.7. The Morgan fingerprint density at radius 3 is 2.26 bits per heavy atom. The van der Waals surface area contributed by atoms with E-state index < -0.39 is 0 Å². The van der Waals surface area contributed by atoms with Crippen LogP contribution in [-0.2, 0) is 17.6 Å². The van der Waals surface area contributed by atoms with Crippen LogP contribution in [0.15, 0.2) is 48.5 Å². The molecule has 0 aliphatic carbocycles. The lowest BCUT2D eigenvalue weighted by atomic mass is 9.99. The van der Waals surface area contributed by atoms with Gasteiger partial charge in [0.2, 0.25) is 0 Å². The Morgan fingerprint density at radius 2 is 1.58 bits per heavy atom. The van der Waals surface area contributed by atoms with E-state index in [0.717, 1.165) is 29.7 Å². The number of methoxy groups -OCH3 is 1. The molecule has 3 heteroatoms. The summed E-state index contributed by atoms with van der Waals surface area (Å²) >= 11 is 0. The fourth-order valence-corrected chi connectivity index (χ4v) is 2.08. The lowest BCUT2D eigenvalue weighted by molar-refractivity contribution is 0.0599. The lowest BCUT2D eigenvalue weighted by Gasteiger charge is -2.09. The Kier molecular flexibility index (Phi) is 4.18. The summed E-state index contributed by atoms with van der Waals surface area (Å²) in [5.74, 6) is -0.295. The van der Waals surface area contributed by atoms with Gasteiger partial charge in [-0.25, -0.2) is 4.79 Å². The van der Waals surface area contributed by atoms with Crippen LogP contribution in [0.1, 0.15) is 21.5 Å². The van der Waals surface area contributed by atoms with E-state index in [9.17, 15) is 4.79 Å². The third-order valence-electron chi connectivity index (χ3n) is 3.14. The van der Waals surface area contributed by atoms with E-state index in [0.29, 0.717) is 5.56 Å². The molecule has 98 valence electrons. The van der Waals surface area contributed by atoms with Crippen LogP contribution in [-0.4, -0.2) is 13.1 Å². The Labute approximate surface area is 113 Å². The second-order valence-electron chi connectivity index (χ2n) is 4.35. The van der Waals surface area contributed by atoms with Gasteiger partial charge in [-0.05, 0) is 36.1 Å². The molecule has 0 saturated carbocycles. The molecule has 0 fully saturated rings.